The van der Waals surface area contributed by atoms with Gasteiger partial charge in [-0.2, -0.15) is 0 Å². The largest absolute Gasteiger partial charge is 0.344 e. The number of nitrogens with zero attached hydrogens (tertiary/aromatic N) is 1. The molecule has 2 N–H and O–H groups in total. The Morgan fingerprint density at radius 1 is 1.41 bits per heavy atom. The van der Waals surface area contributed by atoms with Gasteiger partial charge in [-0.15, -0.1) is 11.3 Å². The first kappa shape index (κ1) is 11.0. The van der Waals surface area contributed by atoms with Gasteiger partial charge in [0.1, 0.15) is 11.5 Å². The van der Waals surface area contributed by atoms with Crippen molar-refractivity contribution in [3.05, 3.63) is 29.0 Å². The van der Waals surface area contributed by atoms with Crippen molar-refractivity contribution in [2.45, 2.75) is 32.2 Å². The fourth-order valence-electron chi connectivity index (χ4n) is 2.39. The fourth-order valence-corrected chi connectivity index (χ4v) is 3.16. The average Bonchev–Trinajstić information content (AvgIpc) is 2.99. The number of hydrogen-bond acceptors (Lipinski definition) is 3. The summed E-state index contributed by atoms with van der Waals surface area (Å²) in [6.45, 7) is 3.22. The quantitative estimate of drug-likeness (QED) is 0.855. The summed E-state index contributed by atoms with van der Waals surface area (Å²) in [5.41, 5.74) is 2.29. The Labute approximate surface area is 105 Å². The van der Waals surface area contributed by atoms with E-state index in [1.807, 2.05) is 0 Å². The molecule has 0 bridgehead atoms. The van der Waals surface area contributed by atoms with Crippen molar-refractivity contribution < 1.29 is 0 Å². The zero-order valence-corrected chi connectivity index (χ0v) is 10.8. The molecule has 1 aliphatic rings. The number of nitrogens with one attached hydrogen (secondary N) is 2. The Morgan fingerprint density at radius 3 is 3.06 bits per heavy atom. The van der Waals surface area contributed by atoms with Crippen LogP contribution in [-0.4, -0.2) is 16.5 Å². The molecular formula is C13H17N3S. The summed E-state index contributed by atoms with van der Waals surface area (Å²) in [6, 6.07) is 4.62. The zero-order valence-electron chi connectivity index (χ0n) is 9.99. The fraction of sp³-hybridized carbons (Fsp3) is 0.462. The van der Waals surface area contributed by atoms with Crippen molar-refractivity contribution in [2.24, 2.45) is 0 Å². The minimum Gasteiger partial charge on any atom is -0.344 e. The van der Waals surface area contributed by atoms with Gasteiger partial charge in [-0.05, 0) is 37.8 Å². The first-order valence-corrected chi connectivity index (χ1v) is 7.06. The van der Waals surface area contributed by atoms with Crippen LogP contribution in [0.5, 0.6) is 0 Å². The predicted molar refractivity (Wildman–Crippen MR) is 71.2 cm³/mol. The van der Waals surface area contributed by atoms with Crippen LogP contribution in [0, 0.1) is 6.92 Å². The van der Waals surface area contributed by atoms with E-state index in [4.69, 9.17) is 4.98 Å². The number of aromatic amines is 1. The molecular weight excluding hydrogens is 230 g/mol. The first-order valence-electron chi connectivity index (χ1n) is 6.18. The molecule has 3 nitrogen and oxygen atoms in total. The van der Waals surface area contributed by atoms with E-state index in [0.29, 0.717) is 6.04 Å². The van der Waals surface area contributed by atoms with Crippen LogP contribution in [0.1, 0.15) is 36.8 Å². The molecule has 0 aromatic carbocycles. The molecule has 90 valence electrons. The van der Waals surface area contributed by atoms with E-state index < -0.39 is 0 Å². The Kier molecular flexibility index (Phi) is 2.99. The Morgan fingerprint density at radius 2 is 2.35 bits per heavy atom. The third-order valence-corrected chi connectivity index (χ3v) is 4.17. The van der Waals surface area contributed by atoms with Crippen LogP contribution >= 0.6 is 11.3 Å². The van der Waals surface area contributed by atoms with E-state index in [9.17, 15) is 0 Å². The maximum absolute atomic E-state index is 4.77. The van der Waals surface area contributed by atoms with Crippen molar-refractivity contribution in [3.63, 3.8) is 0 Å². The lowest BCUT2D eigenvalue weighted by Crippen LogP contribution is -2.27. The zero-order chi connectivity index (χ0) is 11.7. The highest BCUT2D eigenvalue weighted by molar-refractivity contribution is 7.13. The van der Waals surface area contributed by atoms with Crippen molar-refractivity contribution in [2.75, 3.05) is 6.54 Å². The van der Waals surface area contributed by atoms with Crippen LogP contribution in [0.4, 0.5) is 0 Å². The SMILES string of the molecule is Cc1[nH]c(C2CCCCN2)nc1-c1cccs1. The molecule has 0 aliphatic carbocycles. The summed E-state index contributed by atoms with van der Waals surface area (Å²) < 4.78 is 0. The van der Waals surface area contributed by atoms with Crippen LogP contribution in [-0.2, 0) is 0 Å². The summed E-state index contributed by atoms with van der Waals surface area (Å²) in [5, 5.41) is 5.63. The van der Waals surface area contributed by atoms with Crippen LogP contribution in [0.25, 0.3) is 10.6 Å². The van der Waals surface area contributed by atoms with E-state index in [1.54, 1.807) is 11.3 Å². The van der Waals surface area contributed by atoms with Gasteiger partial charge >= 0.3 is 0 Å². The normalized spacial score (nSPS) is 20.6. The van der Waals surface area contributed by atoms with Gasteiger partial charge in [0.15, 0.2) is 0 Å². The minimum atomic E-state index is 0.413. The molecule has 3 rings (SSSR count). The first-order chi connectivity index (χ1) is 8.34. The van der Waals surface area contributed by atoms with Crippen LogP contribution in [0.2, 0.25) is 0 Å². The number of H-pyrrole nitrogens is 1. The number of aromatic nitrogens is 2. The summed E-state index contributed by atoms with van der Waals surface area (Å²) in [4.78, 5) is 9.45. The van der Waals surface area contributed by atoms with Crippen molar-refractivity contribution in [1.29, 1.82) is 0 Å². The van der Waals surface area contributed by atoms with Crippen LogP contribution in [0.3, 0.4) is 0 Å². The molecule has 0 amide bonds. The maximum Gasteiger partial charge on any atom is 0.124 e. The molecule has 1 atom stereocenters. The molecule has 4 heteroatoms. The van der Waals surface area contributed by atoms with E-state index in [-0.39, 0.29) is 0 Å². The topological polar surface area (TPSA) is 40.7 Å². The standard InChI is InChI=1S/C13H17N3S/c1-9-12(11-6-4-8-17-11)16-13(15-9)10-5-2-3-7-14-10/h4,6,8,10,14H,2-3,5,7H2,1H3,(H,15,16). The van der Waals surface area contributed by atoms with Gasteiger partial charge in [-0.1, -0.05) is 12.5 Å². The van der Waals surface area contributed by atoms with Crippen LogP contribution in [0.15, 0.2) is 17.5 Å². The van der Waals surface area contributed by atoms with E-state index in [2.05, 4.69) is 34.7 Å². The monoisotopic (exact) mass is 247 g/mol. The van der Waals surface area contributed by atoms with Gasteiger partial charge in [0, 0.05) is 5.69 Å². The number of aryl methyl sites for hydroxylation is 1. The molecule has 0 spiro atoms. The average molecular weight is 247 g/mol. The summed E-state index contributed by atoms with van der Waals surface area (Å²) >= 11 is 1.75. The van der Waals surface area contributed by atoms with Gasteiger partial charge in [0.2, 0.25) is 0 Å². The van der Waals surface area contributed by atoms with Crippen LogP contribution < -0.4 is 5.32 Å². The molecule has 17 heavy (non-hydrogen) atoms. The van der Waals surface area contributed by atoms with Gasteiger partial charge in [0.05, 0.1) is 10.9 Å². The third kappa shape index (κ3) is 2.15. The molecule has 2 aromatic heterocycles. The Hall–Kier alpha value is -1.13. The highest BCUT2D eigenvalue weighted by Crippen LogP contribution is 2.29. The molecule has 1 fully saturated rings. The van der Waals surface area contributed by atoms with E-state index in [0.717, 1.165) is 18.1 Å². The van der Waals surface area contributed by atoms with Gasteiger partial charge < -0.3 is 10.3 Å². The van der Waals surface area contributed by atoms with E-state index >= 15 is 0 Å². The van der Waals surface area contributed by atoms with Crippen molar-refractivity contribution in [1.82, 2.24) is 15.3 Å². The second kappa shape index (κ2) is 4.63. The summed E-state index contributed by atoms with van der Waals surface area (Å²) in [7, 11) is 0. The summed E-state index contributed by atoms with van der Waals surface area (Å²) in [5.74, 6) is 1.10. The Balaban J connectivity index is 1.90. The Bertz CT molecular complexity index is 481. The smallest absolute Gasteiger partial charge is 0.124 e. The second-order valence-corrected chi connectivity index (χ2v) is 5.52. The number of piperidine rings is 1. The maximum atomic E-state index is 4.77. The van der Waals surface area contributed by atoms with Gasteiger partial charge in [-0.3, -0.25) is 0 Å². The molecule has 1 unspecified atom stereocenters. The molecule has 3 heterocycles. The lowest BCUT2D eigenvalue weighted by atomic mass is 10.0. The molecule has 1 saturated heterocycles. The minimum absolute atomic E-state index is 0.413. The molecule has 2 aromatic rings. The highest BCUT2D eigenvalue weighted by atomic mass is 32.1. The third-order valence-electron chi connectivity index (χ3n) is 3.30. The van der Waals surface area contributed by atoms with Gasteiger partial charge in [0.25, 0.3) is 0 Å². The van der Waals surface area contributed by atoms with E-state index in [1.165, 1.54) is 29.8 Å². The van der Waals surface area contributed by atoms with Crippen molar-refractivity contribution in [3.8, 4) is 10.6 Å². The summed E-state index contributed by atoms with van der Waals surface area (Å²) in [6.07, 6.45) is 3.77. The lowest BCUT2D eigenvalue weighted by Gasteiger charge is -2.21. The highest BCUT2D eigenvalue weighted by Gasteiger charge is 2.19. The molecule has 0 saturated carbocycles. The second-order valence-electron chi connectivity index (χ2n) is 4.58. The lowest BCUT2D eigenvalue weighted by molar-refractivity contribution is 0.399. The number of rotatable bonds is 2. The molecule has 1 aliphatic heterocycles. The number of imidazole rings is 1. The van der Waals surface area contributed by atoms with Crippen molar-refractivity contribution >= 4 is 11.3 Å². The number of thiophene rings is 1. The molecule has 0 radical (unpaired) electrons. The number of hydrogen-bond donors (Lipinski definition) is 2. The predicted octanol–water partition coefficient (Wildman–Crippen LogP) is 3.26. The van der Waals surface area contributed by atoms with Gasteiger partial charge in [-0.25, -0.2) is 4.98 Å².